The van der Waals surface area contributed by atoms with Crippen LogP contribution in [0.2, 0.25) is 0 Å². The number of nitrogens with zero attached hydrogens (tertiary/aromatic N) is 1. The van der Waals surface area contributed by atoms with Gasteiger partial charge < -0.3 is 4.74 Å². The minimum Gasteiger partial charge on any atom is -0.459 e. The molecule has 1 aliphatic rings. The first kappa shape index (κ1) is 11.6. The Balaban J connectivity index is 2.09. The Hall–Kier alpha value is -1.91. The molecular weight excluding hydrogens is 222 g/mol. The van der Waals surface area contributed by atoms with Crippen molar-refractivity contribution in [3.63, 3.8) is 0 Å². The van der Waals surface area contributed by atoms with Gasteiger partial charge in [0.2, 0.25) is 0 Å². The summed E-state index contributed by atoms with van der Waals surface area (Å²) in [6.07, 6.45) is 1.74. The quantitative estimate of drug-likeness (QED) is 0.457. The fourth-order valence-electron chi connectivity index (χ4n) is 2.04. The van der Waals surface area contributed by atoms with Crippen LogP contribution in [0.25, 0.3) is 0 Å². The Morgan fingerprint density at radius 2 is 2.06 bits per heavy atom. The van der Waals surface area contributed by atoms with Crippen LogP contribution in [0.4, 0.5) is 5.69 Å². The number of esters is 1. The monoisotopic (exact) mass is 235 g/mol. The number of carbonyl (C=O) groups excluding carboxylic acids is 1. The van der Waals surface area contributed by atoms with E-state index in [1.54, 1.807) is 12.1 Å². The smallest absolute Gasteiger partial charge is 0.306 e. The number of rotatable bonds is 3. The van der Waals surface area contributed by atoms with Gasteiger partial charge in [0.25, 0.3) is 5.69 Å². The number of non-ortho nitro benzene ring substituents is 1. The maximum atomic E-state index is 11.1. The molecule has 0 bridgehead atoms. The predicted molar refractivity (Wildman–Crippen MR) is 60.5 cm³/mol. The van der Waals surface area contributed by atoms with Gasteiger partial charge in [0.1, 0.15) is 5.60 Å². The Morgan fingerprint density at radius 3 is 2.53 bits per heavy atom. The molecule has 0 N–H and O–H groups in total. The van der Waals surface area contributed by atoms with Crippen molar-refractivity contribution in [2.24, 2.45) is 0 Å². The molecule has 0 aliphatic carbocycles. The van der Waals surface area contributed by atoms with Gasteiger partial charge in [0.05, 0.1) is 4.92 Å². The van der Waals surface area contributed by atoms with Crippen LogP contribution in [-0.2, 0) is 16.0 Å². The van der Waals surface area contributed by atoms with Crippen molar-refractivity contribution in [3.05, 3.63) is 39.9 Å². The molecule has 1 saturated heterocycles. The van der Waals surface area contributed by atoms with E-state index < -0.39 is 10.5 Å². The lowest BCUT2D eigenvalue weighted by atomic mass is 9.93. The van der Waals surface area contributed by atoms with Gasteiger partial charge in [-0.2, -0.15) is 0 Å². The first-order valence-corrected chi connectivity index (χ1v) is 5.44. The Morgan fingerprint density at radius 1 is 1.41 bits per heavy atom. The molecule has 1 fully saturated rings. The Labute approximate surface area is 98.5 Å². The van der Waals surface area contributed by atoms with Gasteiger partial charge >= 0.3 is 5.97 Å². The molecule has 5 nitrogen and oxygen atoms in total. The minimum atomic E-state index is -0.465. The summed E-state index contributed by atoms with van der Waals surface area (Å²) in [6.45, 7) is 1.89. The topological polar surface area (TPSA) is 69.4 Å². The molecule has 0 saturated carbocycles. The normalized spacial score (nSPS) is 23.5. The van der Waals surface area contributed by atoms with Gasteiger partial charge in [0.15, 0.2) is 0 Å². The van der Waals surface area contributed by atoms with E-state index in [1.807, 2.05) is 6.92 Å². The predicted octanol–water partition coefficient (Wildman–Crippen LogP) is 2.23. The maximum Gasteiger partial charge on any atom is 0.306 e. The fraction of sp³-hybridized carbons (Fsp3) is 0.417. The highest BCUT2D eigenvalue weighted by molar-refractivity contribution is 5.72. The molecule has 0 amide bonds. The number of hydrogen-bond acceptors (Lipinski definition) is 4. The lowest BCUT2D eigenvalue weighted by molar-refractivity contribution is -0.384. The van der Waals surface area contributed by atoms with Crippen LogP contribution < -0.4 is 0 Å². The third-order valence-corrected chi connectivity index (χ3v) is 2.94. The highest BCUT2D eigenvalue weighted by Crippen LogP contribution is 2.30. The SMILES string of the molecule is CC1(Cc2ccc([N+](=O)[O-])cc2)CCC(=O)O1. The summed E-state index contributed by atoms with van der Waals surface area (Å²) in [7, 11) is 0. The van der Waals surface area contributed by atoms with Gasteiger partial charge in [0, 0.05) is 25.0 Å². The number of nitro groups is 1. The zero-order valence-corrected chi connectivity index (χ0v) is 9.51. The molecule has 1 aromatic rings. The zero-order chi connectivity index (χ0) is 12.5. The molecule has 1 heterocycles. The summed E-state index contributed by atoms with van der Waals surface area (Å²) in [5.74, 6) is -0.172. The molecule has 1 unspecified atom stereocenters. The molecule has 2 rings (SSSR count). The van der Waals surface area contributed by atoms with Gasteiger partial charge in [-0.15, -0.1) is 0 Å². The largest absolute Gasteiger partial charge is 0.459 e. The van der Waals surface area contributed by atoms with Gasteiger partial charge in [-0.3, -0.25) is 14.9 Å². The molecule has 0 aromatic heterocycles. The molecule has 5 heteroatoms. The third kappa shape index (κ3) is 2.61. The number of ether oxygens (including phenoxy) is 1. The van der Waals surface area contributed by atoms with Gasteiger partial charge in [-0.1, -0.05) is 12.1 Å². The lowest BCUT2D eigenvalue weighted by Crippen LogP contribution is -2.26. The van der Waals surface area contributed by atoms with E-state index in [9.17, 15) is 14.9 Å². The molecule has 1 aromatic carbocycles. The van der Waals surface area contributed by atoms with E-state index in [1.165, 1.54) is 12.1 Å². The van der Waals surface area contributed by atoms with Crippen LogP contribution in [0.5, 0.6) is 0 Å². The second-order valence-corrected chi connectivity index (χ2v) is 4.52. The van der Waals surface area contributed by atoms with E-state index in [4.69, 9.17) is 4.74 Å². The average molecular weight is 235 g/mol. The van der Waals surface area contributed by atoms with Crippen molar-refractivity contribution in [3.8, 4) is 0 Å². The molecule has 1 aliphatic heterocycles. The van der Waals surface area contributed by atoms with Crippen LogP contribution in [0.1, 0.15) is 25.3 Å². The van der Waals surface area contributed by atoms with Crippen molar-refractivity contribution >= 4 is 11.7 Å². The lowest BCUT2D eigenvalue weighted by Gasteiger charge is -2.22. The number of carbonyl (C=O) groups is 1. The first-order chi connectivity index (χ1) is 7.98. The van der Waals surface area contributed by atoms with Crippen LogP contribution in [-0.4, -0.2) is 16.5 Å². The van der Waals surface area contributed by atoms with E-state index >= 15 is 0 Å². The molecule has 0 radical (unpaired) electrons. The number of nitro benzene ring substituents is 1. The van der Waals surface area contributed by atoms with Crippen molar-refractivity contribution < 1.29 is 14.5 Å². The number of cyclic esters (lactones) is 1. The van der Waals surface area contributed by atoms with Crippen LogP contribution >= 0.6 is 0 Å². The van der Waals surface area contributed by atoms with Gasteiger partial charge in [-0.25, -0.2) is 0 Å². The standard InChI is InChI=1S/C12H13NO4/c1-12(7-6-11(14)17-12)8-9-2-4-10(5-3-9)13(15)16/h2-5H,6-8H2,1H3. The maximum absolute atomic E-state index is 11.1. The molecule has 17 heavy (non-hydrogen) atoms. The Kier molecular flexibility index (Phi) is 2.83. The number of benzene rings is 1. The summed E-state index contributed by atoms with van der Waals surface area (Å²) < 4.78 is 5.26. The van der Waals surface area contributed by atoms with E-state index in [2.05, 4.69) is 0 Å². The van der Waals surface area contributed by atoms with Crippen LogP contribution in [0.3, 0.4) is 0 Å². The van der Waals surface area contributed by atoms with E-state index in [0.717, 1.165) is 5.56 Å². The highest BCUT2D eigenvalue weighted by atomic mass is 16.6. The number of hydrogen-bond donors (Lipinski definition) is 0. The van der Waals surface area contributed by atoms with Gasteiger partial charge in [-0.05, 0) is 18.9 Å². The average Bonchev–Trinajstić information content (AvgIpc) is 2.59. The highest BCUT2D eigenvalue weighted by Gasteiger charge is 2.35. The van der Waals surface area contributed by atoms with Crippen molar-refractivity contribution in [2.45, 2.75) is 31.8 Å². The zero-order valence-electron chi connectivity index (χ0n) is 9.51. The summed E-state index contributed by atoms with van der Waals surface area (Å²) in [5.41, 5.74) is 0.544. The fourth-order valence-corrected chi connectivity index (χ4v) is 2.04. The first-order valence-electron chi connectivity index (χ1n) is 5.44. The van der Waals surface area contributed by atoms with Crippen molar-refractivity contribution in [2.75, 3.05) is 0 Å². The molecule has 90 valence electrons. The summed E-state index contributed by atoms with van der Waals surface area (Å²) in [4.78, 5) is 21.2. The molecule has 0 spiro atoms. The van der Waals surface area contributed by atoms with Crippen LogP contribution in [0.15, 0.2) is 24.3 Å². The summed E-state index contributed by atoms with van der Waals surface area (Å²) >= 11 is 0. The second-order valence-electron chi connectivity index (χ2n) is 4.52. The van der Waals surface area contributed by atoms with E-state index in [0.29, 0.717) is 19.3 Å². The minimum absolute atomic E-state index is 0.0716. The second kappa shape index (κ2) is 4.16. The van der Waals surface area contributed by atoms with Crippen molar-refractivity contribution in [1.82, 2.24) is 0 Å². The van der Waals surface area contributed by atoms with E-state index in [-0.39, 0.29) is 11.7 Å². The summed E-state index contributed by atoms with van der Waals surface area (Å²) in [5, 5.41) is 10.5. The Bertz CT molecular complexity index is 454. The van der Waals surface area contributed by atoms with Crippen molar-refractivity contribution in [1.29, 1.82) is 0 Å². The third-order valence-electron chi connectivity index (χ3n) is 2.94. The summed E-state index contributed by atoms with van der Waals surface area (Å²) in [6, 6.07) is 6.34. The molecular formula is C12H13NO4. The van der Waals surface area contributed by atoms with Crippen LogP contribution in [0, 0.1) is 10.1 Å². The molecule has 1 atom stereocenters.